The number of thiophene rings is 1. The first kappa shape index (κ1) is 27.5. The van der Waals surface area contributed by atoms with Crippen molar-refractivity contribution in [2.24, 2.45) is 0 Å². The average molecular weight is 619 g/mol. The number of hydrogen-bond donors (Lipinski definition) is 2. The minimum Gasteiger partial charge on any atom is -0.489 e. The summed E-state index contributed by atoms with van der Waals surface area (Å²) in [7, 11) is 0. The second-order valence-corrected chi connectivity index (χ2v) is 13.0. The number of benzene rings is 3. The molecule has 0 spiro atoms. The summed E-state index contributed by atoms with van der Waals surface area (Å²) < 4.78 is 8.49. The van der Waals surface area contributed by atoms with Crippen molar-refractivity contribution in [1.82, 2.24) is 15.5 Å². The van der Waals surface area contributed by atoms with Crippen LogP contribution in [0.15, 0.2) is 77.3 Å². The Bertz CT molecular complexity index is 1440. The van der Waals surface area contributed by atoms with E-state index in [-0.39, 0.29) is 11.9 Å². The first-order valence-electron chi connectivity index (χ1n) is 14.3. The van der Waals surface area contributed by atoms with E-state index >= 15 is 0 Å². The second kappa shape index (κ2) is 12.9. The Kier molecular flexibility index (Phi) is 8.83. The number of carbonyl (C=O) groups excluding carboxylic acids is 1. The highest BCUT2D eigenvalue weighted by molar-refractivity contribution is 9.10. The van der Waals surface area contributed by atoms with Crippen LogP contribution in [0, 0.1) is 0 Å². The van der Waals surface area contributed by atoms with Crippen molar-refractivity contribution < 1.29 is 9.53 Å². The minimum atomic E-state index is 0.126. The molecule has 5 nitrogen and oxygen atoms in total. The third-order valence-corrected chi connectivity index (χ3v) is 9.67. The highest BCUT2D eigenvalue weighted by Gasteiger charge is 2.22. The van der Waals surface area contributed by atoms with Gasteiger partial charge in [-0.1, -0.05) is 48.5 Å². The largest absolute Gasteiger partial charge is 0.489 e. The van der Waals surface area contributed by atoms with Gasteiger partial charge < -0.3 is 15.4 Å². The highest BCUT2D eigenvalue weighted by atomic mass is 79.9. The molecule has 7 heteroatoms. The molecule has 0 radical (unpaired) electrons. The molecule has 0 unspecified atom stereocenters. The van der Waals surface area contributed by atoms with E-state index < -0.39 is 0 Å². The molecule has 2 aliphatic heterocycles. The average Bonchev–Trinajstić information content (AvgIpc) is 3.38. The molecular formula is C33H36BrN3O2S. The van der Waals surface area contributed by atoms with Crippen molar-refractivity contribution in [3.63, 3.8) is 0 Å². The molecule has 208 valence electrons. The summed E-state index contributed by atoms with van der Waals surface area (Å²) >= 11 is 5.45. The van der Waals surface area contributed by atoms with Gasteiger partial charge in [0, 0.05) is 35.3 Å². The molecule has 0 saturated carbocycles. The third-order valence-electron chi connectivity index (χ3n) is 7.95. The fourth-order valence-corrected chi connectivity index (χ4v) is 7.37. The zero-order valence-electron chi connectivity index (χ0n) is 22.7. The van der Waals surface area contributed by atoms with Crippen LogP contribution in [0.1, 0.15) is 36.1 Å². The van der Waals surface area contributed by atoms with Crippen LogP contribution in [-0.2, 0) is 17.8 Å². The quantitative estimate of drug-likeness (QED) is 0.229. The molecule has 0 atom stereocenters. The summed E-state index contributed by atoms with van der Waals surface area (Å²) in [6, 6.07) is 25.9. The lowest BCUT2D eigenvalue weighted by atomic mass is 10.0. The molecule has 2 saturated heterocycles. The molecule has 2 aliphatic rings. The van der Waals surface area contributed by atoms with Crippen LogP contribution >= 0.6 is 27.3 Å². The maximum absolute atomic E-state index is 12.9. The number of piperidine rings is 2. The van der Waals surface area contributed by atoms with Crippen LogP contribution in [0.3, 0.4) is 0 Å². The molecule has 3 heterocycles. The van der Waals surface area contributed by atoms with Crippen LogP contribution in [0.25, 0.3) is 21.2 Å². The van der Waals surface area contributed by atoms with Gasteiger partial charge in [-0.25, -0.2) is 0 Å². The molecular weight excluding hydrogens is 582 g/mol. The molecule has 40 heavy (non-hydrogen) atoms. The molecule has 0 aliphatic carbocycles. The van der Waals surface area contributed by atoms with Crippen molar-refractivity contribution in [2.75, 3.05) is 26.2 Å². The second-order valence-electron chi connectivity index (χ2n) is 11.0. The normalized spacial score (nSPS) is 17.2. The SMILES string of the molecule is O=C(Cc1cc2ccc(-c3ccccc3)cc2s1)NC1CCN(Cc2ccc(OC3CCNCC3)c(Br)c2)CC1. The number of amides is 1. The van der Waals surface area contributed by atoms with Gasteiger partial charge in [0.1, 0.15) is 11.9 Å². The third kappa shape index (κ3) is 6.95. The lowest BCUT2D eigenvalue weighted by Gasteiger charge is -2.32. The number of nitrogens with zero attached hydrogens (tertiary/aromatic N) is 1. The Labute approximate surface area is 249 Å². The van der Waals surface area contributed by atoms with Gasteiger partial charge in [-0.05, 0) is 101 Å². The van der Waals surface area contributed by atoms with Crippen LogP contribution in [-0.4, -0.2) is 49.1 Å². The summed E-state index contributed by atoms with van der Waals surface area (Å²) in [6.45, 7) is 4.94. The predicted molar refractivity (Wildman–Crippen MR) is 168 cm³/mol. The highest BCUT2D eigenvalue weighted by Crippen LogP contribution is 2.31. The number of nitrogens with one attached hydrogen (secondary N) is 2. The Balaban J connectivity index is 0.971. The van der Waals surface area contributed by atoms with E-state index in [1.807, 2.05) is 6.07 Å². The molecule has 4 aromatic rings. The zero-order chi connectivity index (χ0) is 27.3. The smallest absolute Gasteiger partial charge is 0.225 e. The number of carbonyl (C=O) groups is 1. The van der Waals surface area contributed by atoms with E-state index in [0.29, 0.717) is 12.5 Å². The standard InChI is InChI=1S/C33H36BrN3O2S/c34-30-18-23(6-9-31(30)39-28-10-14-35-15-11-28)22-37-16-12-27(13-17-37)36-33(38)21-29-19-26-8-7-25(20-32(26)40-29)24-4-2-1-3-5-24/h1-9,18-20,27-28,35H,10-17,21-22H2,(H,36,38). The molecule has 0 bridgehead atoms. The first-order valence-corrected chi connectivity index (χ1v) is 16.0. The molecule has 3 aromatic carbocycles. The Morgan fingerprint density at radius 1 is 0.950 bits per heavy atom. The first-order chi connectivity index (χ1) is 19.6. The van der Waals surface area contributed by atoms with Crippen LogP contribution < -0.4 is 15.4 Å². The van der Waals surface area contributed by atoms with Crippen LogP contribution in [0.5, 0.6) is 5.75 Å². The van der Waals surface area contributed by atoms with Crippen molar-refractivity contribution >= 4 is 43.3 Å². The van der Waals surface area contributed by atoms with Gasteiger partial charge in [-0.2, -0.15) is 0 Å². The Morgan fingerprint density at radius 3 is 2.52 bits per heavy atom. The van der Waals surface area contributed by atoms with Crippen molar-refractivity contribution in [3.8, 4) is 16.9 Å². The summed E-state index contributed by atoms with van der Waals surface area (Å²) in [6.07, 6.45) is 4.82. The summed E-state index contributed by atoms with van der Waals surface area (Å²) in [5.74, 6) is 1.06. The van der Waals surface area contributed by atoms with E-state index in [2.05, 4.69) is 98.2 Å². The molecule has 6 rings (SSSR count). The summed E-state index contributed by atoms with van der Waals surface area (Å²) in [5.41, 5.74) is 3.72. The Morgan fingerprint density at radius 2 is 1.75 bits per heavy atom. The fourth-order valence-electron chi connectivity index (χ4n) is 5.75. The van der Waals surface area contributed by atoms with Gasteiger partial charge in [0.2, 0.25) is 5.91 Å². The van der Waals surface area contributed by atoms with Gasteiger partial charge in [-0.3, -0.25) is 9.69 Å². The maximum atomic E-state index is 12.9. The molecule has 2 fully saturated rings. The fraction of sp³-hybridized carbons (Fsp3) is 0.364. The number of ether oxygens (including phenoxy) is 1. The molecule has 1 aromatic heterocycles. The monoisotopic (exact) mass is 617 g/mol. The van der Waals surface area contributed by atoms with Crippen molar-refractivity contribution in [3.05, 3.63) is 87.7 Å². The van der Waals surface area contributed by atoms with Gasteiger partial charge in [0.25, 0.3) is 0 Å². The lowest BCUT2D eigenvalue weighted by Crippen LogP contribution is -2.44. The minimum absolute atomic E-state index is 0.126. The number of halogens is 1. The predicted octanol–water partition coefficient (Wildman–Crippen LogP) is 6.78. The van der Waals surface area contributed by atoms with Crippen molar-refractivity contribution in [2.45, 2.75) is 50.8 Å². The van der Waals surface area contributed by atoms with E-state index in [4.69, 9.17) is 4.74 Å². The van der Waals surface area contributed by atoms with Crippen LogP contribution in [0.4, 0.5) is 0 Å². The van der Waals surface area contributed by atoms with Gasteiger partial charge in [0.05, 0.1) is 10.9 Å². The van der Waals surface area contributed by atoms with Gasteiger partial charge in [-0.15, -0.1) is 11.3 Å². The van der Waals surface area contributed by atoms with Crippen molar-refractivity contribution in [1.29, 1.82) is 0 Å². The van der Waals surface area contributed by atoms with E-state index in [1.165, 1.54) is 26.8 Å². The molecule has 1 amide bonds. The number of fused-ring (bicyclic) bond motifs is 1. The summed E-state index contributed by atoms with van der Waals surface area (Å²) in [4.78, 5) is 16.5. The number of hydrogen-bond acceptors (Lipinski definition) is 5. The Hall–Kier alpha value is -2.71. The maximum Gasteiger partial charge on any atom is 0.225 e. The van der Waals surface area contributed by atoms with Gasteiger partial charge in [0.15, 0.2) is 0 Å². The lowest BCUT2D eigenvalue weighted by molar-refractivity contribution is -0.121. The van der Waals surface area contributed by atoms with Gasteiger partial charge >= 0.3 is 0 Å². The van der Waals surface area contributed by atoms with E-state index in [1.54, 1.807) is 11.3 Å². The molecule has 2 N–H and O–H groups in total. The zero-order valence-corrected chi connectivity index (χ0v) is 25.1. The van der Waals surface area contributed by atoms with Crippen LogP contribution in [0.2, 0.25) is 0 Å². The number of rotatable bonds is 8. The van der Waals surface area contributed by atoms with E-state index in [0.717, 1.165) is 73.5 Å². The summed E-state index contributed by atoms with van der Waals surface area (Å²) in [5, 5.41) is 7.89. The topological polar surface area (TPSA) is 53.6 Å². The van der Waals surface area contributed by atoms with E-state index in [9.17, 15) is 4.79 Å². The number of likely N-dealkylation sites (tertiary alicyclic amines) is 1.